The lowest BCUT2D eigenvalue weighted by Gasteiger charge is -2.17. The SMILES string of the molecule is CCOC(=O)CN1NC[n+]2nc(C)c(CC)c([O-])c21. The van der Waals surface area contributed by atoms with E-state index >= 15 is 0 Å². The van der Waals surface area contributed by atoms with Gasteiger partial charge >= 0.3 is 11.8 Å². The third kappa shape index (κ3) is 2.46. The van der Waals surface area contributed by atoms with Crippen molar-refractivity contribution in [3.63, 3.8) is 0 Å². The Kier molecular flexibility index (Phi) is 3.84. The van der Waals surface area contributed by atoms with E-state index in [4.69, 9.17) is 4.74 Å². The maximum Gasteiger partial charge on any atom is 0.350 e. The normalized spacial score (nSPS) is 13.5. The highest BCUT2D eigenvalue weighted by molar-refractivity contribution is 5.75. The van der Waals surface area contributed by atoms with Crippen LogP contribution in [0.3, 0.4) is 0 Å². The number of ether oxygens (including phenoxy) is 1. The molecule has 1 aromatic heterocycles. The van der Waals surface area contributed by atoms with Crippen LogP contribution in [0, 0.1) is 6.92 Å². The van der Waals surface area contributed by atoms with Crippen LogP contribution in [0.5, 0.6) is 5.75 Å². The fraction of sp³-hybridized carbons (Fsp3) is 0.583. The molecule has 1 aliphatic heterocycles. The van der Waals surface area contributed by atoms with E-state index in [2.05, 4.69) is 10.5 Å². The van der Waals surface area contributed by atoms with Gasteiger partial charge in [0.15, 0.2) is 6.67 Å². The smallest absolute Gasteiger partial charge is 0.350 e. The Morgan fingerprint density at radius 3 is 2.95 bits per heavy atom. The zero-order valence-corrected chi connectivity index (χ0v) is 11.4. The number of hydrogen-bond acceptors (Lipinski definition) is 6. The molecule has 0 fully saturated rings. The van der Waals surface area contributed by atoms with Crippen molar-refractivity contribution >= 4 is 11.8 Å². The van der Waals surface area contributed by atoms with Crippen LogP contribution in [0.1, 0.15) is 25.1 Å². The highest BCUT2D eigenvalue weighted by Gasteiger charge is 2.33. The molecule has 0 saturated carbocycles. The Hall–Kier alpha value is -1.89. The average molecular weight is 266 g/mol. The van der Waals surface area contributed by atoms with Crippen LogP contribution in [-0.2, 0) is 22.6 Å². The lowest BCUT2D eigenvalue weighted by molar-refractivity contribution is -0.736. The number of esters is 1. The van der Waals surface area contributed by atoms with Crippen LogP contribution in [0.15, 0.2) is 0 Å². The Labute approximate surface area is 111 Å². The number of carbonyl (C=O) groups is 1. The van der Waals surface area contributed by atoms with Gasteiger partial charge in [-0.1, -0.05) is 12.0 Å². The standard InChI is InChI=1S/C12H18N4O3/c1-4-9-8(3)14-16-7-13-15(12(16)11(9)18)6-10(17)19-5-2/h4-7H2,1-3H3,(H-,13,14,18). The summed E-state index contributed by atoms with van der Waals surface area (Å²) in [5.74, 6) is -0.0544. The molecule has 7 heteroatoms. The predicted molar refractivity (Wildman–Crippen MR) is 65.1 cm³/mol. The second-order valence-electron chi connectivity index (χ2n) is 4.28. The van der Waals surface area contributed by atoms with Gasteiger partial charge in [-0.15, -0.1) is 10.1 Å². The van der Waals surface area contributed by atoms with Crippen molar-refractivity contribution in [3.8, 4) is 5.75 Å². The third-order valence-corrected chi connectivity index (χ3v) is 3.04. The second kappa shape index (κ2) is 5.40. The van der Waals surface area contributed by atoms with Crippen LogP contribution >= 0.6 is 0 Å². The largest absolute Gasteiger partial charge is 0.867 e. The summed E-state index contributed by atoms with van der Waals surface area (Å²) in [6.45, 7) is 6.19. The maximum atomic E-state index is 12.4. The van der Waals surface area contributed by atoms with Gasteiger partial charge in [-0.05, 0) is 31.6 Å². The van der Waals surface area contributed by atoms with E-state index in [1.54, 1.807) is 11.6 Å². The highest BCUT2D eigenvalue weighted by atomic mass is 16.5. The molecule has 1 aromatic rings. The Balaban J connectivity index is 2.31. The van der Waals surface area contributed by atoms with Crippen molar-refractivity contribution in [3.05, 3.63) is 11.3 Å². The van der Waals surface area contributed by atoms with Crippen LogP contribution in [0.2, 0.25) is 0 Å². The number of nitrogens with one attached hydrogen (secondary N) is 1. The molecule has 7 nitrogen and oxygen atoms in total. The van der Waals surface area contributed by atoms with E-state index in [1.807, 2.05) is 13.8 Å². The van der Waals surface area contributed by atoms with E-state index in [1.165, 1.54) is 5.01 Å². The summed E-state index contributed by atoms with van der Waals surface area (Å²) >= 11 is 0. The van der Waals surface area contributed by atoms with Gasteiger partial charge < -0.3 is 9.84 Å². The summed E-state index contributed by atoms with van der Waals surface area (Å²) in [5, 5.41) is 18.2. The van der Waals surface area contributed by atoms with Gasteiger partial charge in [0.1, 0.15) is 0 Å². The molecule has 0 radical (unpaired) electrons. The summed E-state index contributed by atoms with van der Waals surface area (Å²) in [4.78, 5) is 11.5. The summed E-state index contributed by atoms with van der Waals surface area (Å²) in [6, 6.07) is 0. The van der Waals surface area contributed by atoms with Crippen molar-refractivity contribution in [1.29, 1.82) is 0 Å². The van der Waals surface area contributed by atoms with Crippen LogP contribution in [0.25, 0.3) is 0 Å². The van der Waals surface area contributed by atoms with Gasteiger partial charge in [0.25, 0.3) is 0 Å². The van der Waals surface area contributed by atoms with E-state index in [9.17, 15) is 9.90 Å². The molecule has 1 N–H and O–H groups in total. The Bertz CT molecular complexity index is 504. The van der Waals surface area contributed by atoms with Crippen LogP contribution in [0.4, 0.5) is 5.82 Å². The van der Waals surface area contributed by atoms with Crippen LogP contribution < -0.4 is 20.2 Å². The number of carbonyl (C=O) groups excluding carboxylic acids is 1. The number of hydrogen-bond donors (Lipinski definition) is 1. The van der Waals surface area contributed by atoms with E-state index < -0.39 is 0 Å². The van der Waals surface area contributed by atoms with Crippen molar-refractivity contribution < 1.29 is 19.3 Å². The number of aryl methyl sites for hydroxylation is 1. The fourth-order valence-electron chi connectivity index (χ4n) is 2.19. The minimum absolute atomic E-state index is 0.00300. The number of rotatable bonds is 4. The molecule has 2 rings (SSSR count). The molecule has 0 amide bonds. The summed E-state index contributed by atoms with van der Waals surface area (Å²) in [6.07, 6.45) is 0.624. The van der Waals surface area contributed by atoms with Gasteiger partial charge in [0.05, 0.1) is 12.3 Å². The molecule has 0 spiro atoms. The molecule has 1 aliphatic rings. The topological polar surface area (TPSA) is 81.4 Å². The number of aromatic nitrogens is 2. The summed E-state index contributed by atoms with van der Waals surface area (Å²) in [5.41, 5.74) is 4.38. The maximum absolute atomic E-state index is 12.4. The molecule has 0 aliphatic carbocycles. The van der Waals surface area contributed by atoms with Gasteiger partial charge in [0.2, 0.25) is 6.54 Å². The van der Waals surface area contributed by atoms with Gasteiger partial charge in [-0.2, -0.15) is 5.01 Å². The predicted octanol–water partition coefficient (Wildman–Crippen LogP) is -0.841. The third-order valence-electron chi connectivity index (χ3n) is 3.04. The number of hydrazine groups is 1. The van der Waals surface area contributed by atoms with E-state index in [0.29, 0.717) is 31.1 Å². The van der Waals surface area contributed by atoms with Crippen molar-refractivity contribution in [2.24, 2.45) is 0 Å². The number of anilines is 1. The van der Waals surface area contributed by atoms with E-state index in [-0.39, 0.29) is 18.3 Å². The van der Waals surface area contributed by atoms with E-state index in [0.717, 1.165) is 5.69 Å². The number of nitrogens with zero attached hydrogens (tertiary/aromatic N) is 3. The van der Waals surface area contributed by atoms with Crippen molar-refractivity contribution in [2.45, 2.75) is 33.9 Å². The molecule has 0 unspecified atom stereocenters. The van der Waals surface area contributed by atoms with Gasteiger partial charge in [0, 0.05) is 0 Å². The molecule has 0 atom stereocenters. The lowest BCUT2D eigenvalue weighted by atomic mass is 10.1. The lowest BCUT2D eigenvalue weighted by Crippen LogP contribution is -2.39. The first-order valence-electron chi connectivity index (χ1n) is 6.35. The first-order valence-corrected chi connectivity index (χ1v) is 6.35. The molecule has 0 bridgehead atoms. The molecule has 19 heavy (non-hydrogen) atoms. The van der Waals surface area contributed by atoms with Gasteiger partial charge in [-0.3, -0.25) is 0 Å². The molecular formula is C12H18N4O3. The average Bonchev–Trinajstić information content (AvgIpc) is 2.73. The zero-order chi connectivity index (χ0) is 14.0. The van der Waals surface area contributed by atoms with Crippen LogP contribution in [-0.4, -0.2) is 24.2 Å². The monoisotopic (exact) mass is 266 g/mol. The first-order chi connectivity index (χ1) is 9.08. The molecule has 2 heterocycles. The van der Waals surface area contributed by atoms with Crippen molar-refractivity contribution in [2.75, 3.05) is 18.2 Å². The Morgan fingerprint density at radius 2 is 2.32 bits per heavy atom. The molecule has 104 valence electrons. The highest BCUT2D eigenvalue weighted by Crippen LogP contribution is 2.27. The van der Waals surface area contributed by atoms with Crippen molar-refractivity contribution in [1.82, 2.24) is 10.5 Å². The first kappa shape index (κ1) is 13.5. The molecule has 0 aromatic carbocycles. The fourth-order valence-corrected chi connectivity index (χ4v) is 2.19. The number of fused-ring (bicyclic) bond motifs is 1. The Morgan fingerprint density at radius 1 is 1.58 bits per heavy atom. The minimum atomic E-state index is -0.374. The minimum Gasteiger partial charge on any atom is -0.867 e. The van der Waals surface area contributed by atoms with Gasteiger partial charge in [-0.25, -0.2) is 4.79 Å². The summed E-state index contributed by atoms with van der Waals surface area (Å²) in [7, 11) is 0. The summed E-state index contributed by atoms with van der Waals surface area (Å²) < 4.78 is 6.47. The molecule has 0 saturated heterocycles. The second-order valence-corrected chi connectivity index (χ2v) is 4.28. The quantitative estimate of drug-likeness (QED) is 0.565. The zero-order valence-electron chi connectivity index (χ0n) is 11.4. The molecular weight excluding hydrogens is 248 g/mol.